The monoisotopic (exact) mass is 255 g/mol. The molecule has 4 nitrogen and oxygen atoms in total. The van der Waals surface area contributed by atoms with Crippen LogP contribution in [0.1, 0.15) is 18.1 Å². The lowest BCUT2D eigenvalue weighted by atomic mass is 10.2. The zero-order valence-corrected chi connectivity index (χ0v) is 10.9. The zero-order chi connectivity index (χ0) is 12.5. The normalized spacial score (nSPS) is 21.9. The van der Waals surface area contributed by atoms with Crippen LogP contribution in [0.2, 0.25) is 0 Å². The first-order valence-corrected chi connectivity index (χ1v) is 7.26. The largest absolute Gasteiger partial charge is 0.361 e. The molecule has 1 aliphatic heterocycles. The summed E-state index contributed by atoms with van der Waals surface area (Å²) in [4.78, 5) is 0. The van der Waals surface area contributed by atoms with Gasteiger partial charge in [0, 0.05) is 6.54 Å². The maximum Gasteiger partial charge on any atom is 0.220 e. The van der Waals surface area contributed by atoms with Crippen LogP contribution in [0.4, 0.5) is 0 Å². The van der Waals surface area contributed by atoms with Crippen LogP contribution < -0.4 is 0 Å². The Balaban J connectivity index is 2.14. The summed E-state index contributed by atoms with van der Waals surface area (Å²) in [5, 5.41) is 0. The molecule has 0 radical (unpaired) electrons. The highest BCUT2D eigenvalue weighted by Gasteiger charge is 2.31. The van der Waals surface area contributed by atoms with E-state index in [1.54, 1.807) is 6.92 Å². The number of aryl methyl sites for hydroxylation is 1. The van der Waals surface area contributed by atoms with Crippen molar-refractivity contribution >= 4 is 10.0 Å². The molecule has 0 amide bonds. The number of nitrogens with zero attached hydrogens (tertiary/aromatic N) is 1. The number of hydrogen-bond donors (Lipinski definition) is 0. The molecule has 1 aliphatic rings. The van der Waals surface area contributed by atoms with Crippen molar-refractivity contribution in [2.24, 2.45) is 0 Å². The summed E-state index contributed by atoms with van der Waals surface area (Å²) in [7, 11) is -3.27. The van der Waals surface area contributed by atoms with Gasteiger partial charge < -0.3 is 4.74 Å². The fourth-order valence-electron chi connectivity index (χ4n) is 1.92. The minimum absolute atomic E-state index is 0.0426. The standard InChI is InChI=1S/C12H17NO3S/c1-10-3-5-12(6-4-10)9-17(14,15)13-7-8-16-11(13)2/h3-6,11H,7-9H2,1-2H3. The molecule has 0 N–H and O–H groups in total. The van der Waals surface area contributed by atoms with Gasteiger partial charge in [-0.15, -0.1) is 0 Å². The lowest BCUT2D eigenvalue weighted by molar-refractivity contribution is 0.0846. The van der Waals surface area contributed by atoms with E-state index in [9.17, 15) is 8.42 Å². The first kappa shape index (κ1) is 12.5. The number of rotatable bonds is 3. The van der Waals surface area contributed by atoms with Gasteiger partial charge in [0.05, 0.1) is 12.4 Å². The minimum atomic E-state index is -3.27. The van der Waals surface area contributed by atoms with Gasteiger partial charge in [-0.3, -0.25) is 0 Å². The third-order valence-corrected chi connectivity index (χ3v) is 4.80. The van der Waals surface area contributed by atoms with Gasteiger partial charge in [-0.25, -0.2) is 8.42 Å². The Kier molecular flexibility index (Phi) is 3.51. The average molecular weight is 255 g/mol. The van der Waals surface area contributed by atoms with E-state index in [-0.39, 0.29) is 12.0 Å². The van der Waals surface area contributed by atoms with Gasteiger partial charge >= 0.3 is 0 Å². The van der Waals surface area contributed by atoms with Crippen LogP contribution in [0.25, 0.3) is 0 Å². The third-order valence-electron chi connectivity index (χ3n) is 2.90. The second-order valence-corrected chi connectivity index (χ2v) is 6.24. The lowest BCUT2D eigenvalue weighted by Crippen LogP contribution is -2.35. The molecule has 5 heteroatoms. The second-order valence-electron chi connectivity index (χ2n) is 4.32. The molecule has 2 rings (SSSR count). The molecule has 0 bridgehead atoms. The third kappa shape index (κ3) is 2.86. The van der Waals surface area contributed by atoms with Crippen molar-refractivity contribution in [3.63, 3.8) is 0 Å². The molecule has 17 heavy (non-hydrogen) atoms. The van der Waals surface area contributed by atoms with E-state index in [1.165, 1.54) is 4.31 Å². The molecule has 0 aromatic heterocycles. The molecule has 1 unspecified atom stereocenters. The minimum Gasteiger partial charge on any atom is -0.361 e. The van der Waals surface area contributed by atoms with E-state index in [0.29, 0.717) is 13.2 Å². The van der Waals surface area contributed by atoms with Crippen molar-refractivity contribution < 1.29 is 13.2 Å². The predicted molar refractivity (Wildman–Crippen MR) is 65.9 cm³/mol. The van der Waals surface area contributed by atoms with Crippen LogP contribution in [0.5, 0.6) is 0 Å². The fraction of sp³-hybridized carbons (Fsp3) is 0.500. The van der Waals surface area contributed by atoms with E-state index in [2.05, 4.69) is 0 Å². The molecule has 0 aliphatic carbocycles. The molecular weight excluding hydrogens is 238 g/mol. The van der Waals surface area contributed by atoms with Crippen LogP contribution in [0.3, 0.4) is 0 Å². The molecule has 1 atom stereocenters. The zero-order valence-electron chi connectivity index (χ0n) is 10.1. The molecule has 1 heterocycles. The molecule has 0 saturated carbocycles. The molecule has 1 fully saturated rings. The summed E-state index contributed by atoms with van der Waals surface area (Å²) in [5.74, 6) is 0.0426. The number of sulfonamides is 1. The topological polar surface area (TPSA) is 46.6 Å². The molecular formula is C12H17NO3S. The Hall–Kier alpha value is -0.910. The first-order valence-electron chi connectivity index (χ1n) is 5.66. The summed E-state index contributed by atoms with van der Waals surface area (Å²) >= 11 is 0. The maximum atomic E-state index is 12.1. The van der Waals surface area contributed by atoms with Crippen molar-refractivity contribution in [3.05, 3.63) is 35.4 Å². The summed E-state index contributed by atoms with van der Waals surface area (Å²) in [6.07, 6.45) is -0.342. The van der Waals surface area contributed by atoms with Crippen molar-refractivity contribution in [2.45, 2.75) is 25.8 Å². The van der Waals surface area contributed by atoms with E-state index in [1.807, 2.05) is 31.2 Å². The maximum absolute atomic E-state index is 12.1. The van der Waals surface area contributed by atoms with Gasteiger partial charge in [-0.2, -0.15) is 4.31 Å². The highest BCUT2D eigenvalue weighted by molar-refractivity contribution is 7.88. The summed E-state index contributed by atoms with van der Waals surface area (Å²) in [6.45, 7) is 4.68. The molecule has 0 spiro atoms. The Morgan fingerprint density at radius 2 is 2.00 bits per heavy atom. The average Bonchev–Trinajstić information content (AvgIpc) is 2.68. The number of hydrogen-bond acceptors (Lipinski definition) is 3. The van der Waals surface area contributed by atoms with Crippen LogP contribution in [-0.2, 0) is 20.5 Å². The van der Waals surface area contributed by atoms with E-state index < -0.39 is 10.0 Å². The highest BCUT2D eigenvalue weighted by Crippen LogP contribution is 2.18. The Morgan fingerprint density at radius 3 is 2.53 bits per heavy atom. The molecule has 94 valence electrons. The van der Waals surface area contributed by atoms with E-state index in [0.717, 1.165) is 11.1 Å². The van der Waals surface area contributed by atoms with Gasteiger partial charge in [0.15, 0.2) is 0 Å². The van der Waals surface area contributed by atoms with Crippen molar-refractivity contribution in [1.82, 2.24) is 4.31 Å². The highest BCUT2D eigenvalue weighted by atomic mass is 32.2. The smallest absolute Gasteiger partial charge is 0.220 e. The van der Waals surface area contributed by atoms with Crippen LogP contribution in [-0.4, -0.2) is 32.1 Å². The van der Waals surface area contributed by atoms with Gasteiger partial charge in [0.2, 0.25) is 10.0 Å². The van der Waals surface area contributed by atoms with Gasteiger partial charge in [0.25, 0.3) is 0 Å². The Morgan fingerprint density at radius 1 is 1.35 bits per heavy atom. The van der Waals surface area contributed by atoms with E-state index >= 15 is 0 Å². The fourth-order valence-corrected chi connectivity index (χ4v) is 3.57. The quantitative estimate of drug-likeness (QED) is 0.822. The molecule has 1 saturated heterocycles. The SMILES string of the molecule is Cc1ccc(CS(=O)(=O)N2CCOC2C)cc1. The van der Waals surface area contributed by atoms with Crippen LogP contribution in [0.15, 0.2) is 24.3 Å². The van der Waals surface area contributed by atoms with E-state index in [4.69, 9.17) is 4.74 Å². The van der Waals surface area contributed by atoms with Crippen molar-refractivity contribution in [3.8, 4) is 0 Å². The Bertz CT molecular complexity index is 481. The first-order chi connectivity index (χ1) is 7.99. The van der Waals surface area contributed by atoms with Gasteiger partial charge in [-0.1, -0.05) is 29.8 Å². The summed E-state index contributed by atoms with van der Waals surface area (Å²) in [6, 6.07) is 7.56. The summed E-state index contributed by atoms with van der Waals surface area (Å²) in [5.41, 5.74) is 1.94. The Labute approximate surface area is 102 Å². The molecule has 1 aromatic rings. The second kappa shape index (κ2) is 4.76. The lowest BCUT2D eigenvalue weighted by Gasteiger charge is -2.19. The predicted octanol–water partition coefficient (Wildman–Crippen LogP) is 1.50. The molecule has 1 aromatic carbocycles. The van der Waals surface area contributed by atoms with Gasteiger partial charge in [0.1, 0.15) is 6.23 Å². The number of benzene rings is 1. The van der Waals surface area contributed by atoms with Crippen LogP contribution in [0, 0.1) is 6.92 Å². The summed E-state index contributed by atoms with van der Waals surface area (Å²) < 4.78 is 31.0. The van der Waals surface area contributed by atoms with Crippen molar-refractivity contribution in [2.75, 3.05) is 13.2 Å². The number of ether oxygens (including phenoxy) is 1. The van der Waals surface area contributed by atoms with Crippen LogP contribution >= 0.6 is 0 Å². The van der Waals surface area contributed by atoms with Crippen molar-refractivity contribution in [1.29, 1.82) is 0 Å². The van der Waals surface area contributed by atoms with Gasteiger partial charge in [-0.05, 0) is 19.4 Å².